The van der Waals surface area contributed by atoms with E-state index in [2.05, 4.69) is 5.32 Å². The Kier molecular flexibility index (Phi) is 4.12. The van der Waals surface area contributed by atoms with Crippen molar-refractivity contribution in [3.05, 3.63) is 35.9 Å². The molecule has 1 atom stereocenters. The summed E-state index contributed by atoms with van der Waals surface area (Å²) in [5.41, 5.74) is 6.67. The zero-order chi connectivity index (χ0) is 9.97. The van der Waals surface area contributed by atoms with Gasteiger partial charge in [-0.3, -0.25) is 4.79 Å². The van der Waals surface area contributed by atoms with E-state index in [0.29, 0.717) is 6.04 Å². The number of nitrogens with one attached hydrogen (secondary N) is 1. The minimum Gasteiger partial charge on any atom is -0.352 e. The van der Waals surface area contributed by atoms with Gasteiger partial charge in [-0.25, -0.2) is 0 Å². The highest BCUT2D eigenvalue weighted by molar-refractivity contribution is 5.85. The second kappa shape index (κ2) is 5.14. The monoisotopic (exact) mass is 226 g/mol. The third kappa shape index (κ3) is 3.22. The molecule has 1 unspecified atom stereocenters. The van der Waals surface area contributed by atoms with Crippen molar-refractivity contribution in [3.63, 3.8) is 0 Å². The average Bonchev–Trinajstić information content (AvgIpc) is 3.02. The fourth-order valence-electron chi connectivity index (χ4n) is 1.33. The van der Waals surface area contributed by atoms with Gasteiger partial charge >= 0.3 is 0 Å². The highest BCUT2D eigenvalue weighted by Gasteiger charge is 2.26. The molecule has 1 aliphatic carbocycles. The minimum atomic E-state index is -0.531. The van der Waals surface area contributed by atoms with Crippen molar-refractivity contribution in [3.8, 4) is 0 Å². The molecule has 1 aromatic carbocycles. The molecule has 3 N–H and O–H groups in total. The van der Waals surface area contributed by atoms with E-state index in [0.717, 1.165) is 18.4 Å². The standard InChI is InChI=1S/C11H14N2O.ClH/c12-10(8-4-2-1-3-5-8)11(14)13-9-6-7-9;/h1-5,9-10H,6-7,12H2,(H,13,14);1H. The molecular formula is C11H15ClN2O. The van der Waals surface area contributed by atoms with E-state index in [-0.39, 0.29) is 18.3 Å². The summed E-state index contributed by atoms with van der Waals surface area (Å²) >= 11 is 0. The molecule has 0 spiro atoms. The molecule has 15 heavy (non-hydrogen) atoms. The lowest BCUT2D eigenvalue weighted by molar-refractivity contribution is -0.122. The summed E-state index contributed by atoms with van der Waals surface area (Å²) in [5, 5.41) is 2.89. The number of halogens is 1. The highest BCUT2D eigenvalue weighted by atomic mass is 35.5. The maximum Gasteiger partial charge on any atom is 0.241 e. The topological polar surface area (TPSA) is 55.1 Å². The van der Waals surface area contributed by atoms with Crippen LogP contribution in [0.4, 0.5) is 0 Å². The first-order valence-electron chi connectivity index (χ1n) is 4.88. The molecule has 3 nitrogen and oxygen atoms in total. The summed E-state index contributed by atoms with van der Waals surface area (Å²) < 4.78 is 0. The summed E-state index contributed by atoms with van der Waals surface area (Å²) in [6, 6.07) is 9.27. The zero-order valence-electron chi connectivity index (χ0n) is 8.35. The van der Waals surface area contributed by atoms with Crippen LogP contribution < -0.4 is 11.1 Å². The zero-order valence-corrected chi connectivity index (χ0v) is 9.17. The Labute approximate surface area is 95.5 Å². The van der Waals surface area contributed by atoms with Gasteiger partial charge in [0.1, 0.15) is 6.04 Å². The SMILES string of the molecule is Cl.NC(C(=O)NC1CC1)c1ccccc1. The largest absolute Gasteiger partial charge is 0.352 e. The number of carbonyl (C=O) groups excluding carboxylic acids is 1. The molecular weight excluding hydrogens is 212 g/mol. The molecule has 0 heterocycles. The molecule has 1 aliphatic rings. The van der Waals surface area contributed by atoms with Crippen LogP contribution in [0.5, 0.6) is 0 Å². The quantitative estimate of drug-likeness (QED) is 0.819. The van der Waals surface area contributed by atoms with Crippen LogP contribution in [-0.2, 0) is 4.79 Å². The molecule has 4 heteroatoms. The Morgan fingerprint density at radius 3 is 2.47 bits per heavy atom. The summed E-state index contributed by atoms with van der Waals surface area (Å²) in [6.07, 6.45) is 2.18. The van der Waals surface area contributed by atoms with Crippen LogP contribution in [-0.4, -0.2) is 11.9 Å². The highest BCUT2D eigenvalue weighted by Crippen LogP contribution is 2.20. The number of benzene rings is 1. The van der Waals surface area contributed by atoms with E-state index in [1.807, 2.05) is 30.3 Å². The fraction of sp³-hybridized carbons (Fsp3) is 0.364. The van der Waals surface area contributed by atoms with Crippen molar-refractivity contribution in [1.29, 1.82) is 0 Å². The van der Waals surface area contributed by atoms with Crippen molar-refractivity contribution in [2.45, 2.75) is 24.9 Å². The Balaban J connectivity index is 0.00000112. The lowest BCUT2D eigenvalue weighted by atomic mass is 10.1. The van der Waals surface area contributed by atoms with E-state index in [1.165, 1.54) is 0 Å². The molecule has 0 bridgehead atoms. The molecule has 0 saturated heterocycles. The second-order valence-corrected chi connectivity index (χ2v) is 3.67. The first-order chi connectivity index (χ1) is 6.77. The maximum absolute atomic E-state index is 11.6. The van der Waals surface area contributed by atoms with Crippen LogP contribution in [0.15, 0.2) is 30.3 Å². The van der Waals surface area contributed by atoms with Gasteiger partial charge in [0.25, 0.3) is 0 Å². The van der Waals surface area contributed by atoms with Crippen molar-refractivity contribution in [1.82, 2.24) is 5.32 Å². The lowest BCUT2D eigenvalue weighted by Gasteiger charge is -2.11. The normalized spacial score (nSPS) is 16.3. The van der Waals surface area contributed by atoms with Crippen LogP contribution >= 0.6 is 12.4 Å². The van der Waals surface area contributed by atoms with Gasteiger partial charge in [-0.2, -0.15) is 0 Å². The Hall–Kier alpha value is -1.06. The molecule has 1 amide bonds. The second-order valence-electron chi connectivity index (χ2n) is 3.67. The van der Waals surface area contributed by atoms with Crippen LogP contribution in [0.2, 0.25) is 0 Å². The summed E-state index contributed by atoms with van der Waals surface area (Å²) in [6.45, 7) is 0. The number of amides is 1. The summed E-state index contributed by atoms with van der Waals surface area (Å²) in [7, 11) is 0. The number of hydrogen-bond acceptors (Lipinski definition) is 2. The first kappa shape index (κ1) is 12.0. The molecule has 0 aliphatic heterocycles. The molecule has 1 saturated carbocycles. The number of carbonyl (C=O) groups is 1. The summed E-state index contributed by atoms with van der Waals surface area (Å²) in [4.78, 5) is 11.6. The van der Waals surface area contributed by atoms with Crippen LogP contribution in [0.1, 0.15) is 24.4 Å². The van der Waals surface area contributed by atoms with Gasteiger partial charge in [0, 0.05) is 6.04 Å². The van der Waals surface area contributed by atoms with Crippen molar-refractivity contribution >= 4 is 18.3 Å². The maximum atomic E-state index is 11.6. The third-order valence-corrected chi connectivity index (χ3v) is 2.36. The van der Waals surface area contributed by atoms with E-state index in [9.17, 15) is 4.79 Å². The molecule has 82 valence electrons. The Morgan fingerprint density at radius 2 is 1.93 bits per heavy atom. The molecule has 2 rings (SSSR count). The lowest BCUT2D eigenvalue weighted by Crippen LogP contribution is -2.35. The van der Waals surface area contributed by atoms with Gasteiger partial charge in [-0.15, -0.1) is 12.4 Å². The minimum absolute atomic E-state index is 0. The van der Waals surface area contributed by atoms with Gasteiger partial charge in [0.2, 0.25) is 5.91 Å². The third-order valence-electron chi connectivity index (χ3n) is 2.36. The van der Waals surface area contributed by atoms with Crippen molar-refractivity contribution in [2.75, 3.05) is 0 Å². The number of hydrogen-bond donors (Lipinski definition) is 2. The predicted octanol–water partition coefficient (Wildman–Crippen LogP) is 1.39. The van der Waals surface area contributed by atoms with Crippen molar-refractivity contribution < 1.29 is 4.79 Å². The van der Waals surface area contributed by atoms with Gasteiger partial charge in [-0.1, -0.05) is 30.3 Å². The van der Waals surface area contributed by atoms with E-state index < -0.39 is 6.04 Å². The Morgan fingerprint density at radius 1 is 1.33 bits per heavy atom. The molecule has 1 fully saturated rings. The van der Waals surface area contributed by atoms with Gasteiger partial charge in [-0.05, 0) is 18.4 Å². The van der Waals surface area contributed by atoms with E-state index >= 15 is 0 Å². The van der Waals surface area contributed by atoms with E-state index in [1.54, 1.807) is 0 Å². The fourth-order valence-corrected chi connectivity index (χ4v) is 1.33. The van der Waals surface area contributed by atoms with Gasteiger partial charge < -0.3 is 11.1 Å². The van der Waals surface area contributed by atoms with Crippen molar-refractivity contribution in [2.24, 2.45) is 5.73 Å². The predicted molar refractivity (Wildman–Crippen MR) is 61.8 cm³/mol. The van der Waals surface area contributed by atoms with Gasteiger partial charge in [0.15, 0.2) is 0 Å². The first-order valence-corrected chi connectivity index (χ1v) is 4.88. The number of rotatable bonds is 3. The van der Waals surface area contributed by atoms with Gasteiger partial charge in [0.05, 0.1) is 0 Å². The van der Waals surface area contributed by atoms with Crippen LogP contribution in [0.25, 0.3) is 0 Å². The smallest absolute Gasteiger partial charge is 0.241 e. The van der Waals surface area contributed by atoms with Crippen LogP contribution in [0, 0.1) is 0 Å². The number of nitrogens with two attached hydrogens (primary N) is 1. The Bertz CT molecular complexity index is 325. The summed E-state index contributed by atoms with van der Waals surface area (Å²) in [5.74, 6) is -0.0706. The van der Waals surface area contributed by atoms with Crippen LogP contribution in [0.3, 0.4) is 0 Å². The van der Waals surface area contributed by atoms with E-state index in [4.69, 9.17) is 5.73 Å². The molecule has 1 aromatic rings. The molecule has 0 radical (unpaired) electrons. The molecule has 0 aromatic heterocycles. The average molecular weight is 227 g/mol.